The molecule has 1 aliphatic heterocycles. The highest BCUT2D eigenvalue weighted by atomic mass is 19.2. The Labute approximate surface area is 107 Å². The lowest BCUT2D eigenvalue weighted by Gasteiger charge is -2.23. The summed E-state index contributed by atoms with van der Waals surface area (Å²) in [6.45, 7) is 2.01. The largest absolute Gasteiger partial charge is 0.374 e. The lowest BCUT2D eigenvalue weighted by Crippen LogP contribution is -2.45. The Kier molecular flexibility index (Phi) is 4.39. The number of benzene rings is 1. The molecule has 0 bridgehead atoms. The minimum absolute atomic E-state index is 0.171. The van der Waals surface area contributed by atoms with Gasteiger partial charge in [-0.3, -0.25) is 4.79 Å². The van der Waals surface area contributed by atoms with Crippen molar-refractivity contribution >= 4 is 5.91 Å². The molecular weight excluding hydrogens is 261 g/mol. The van der Waals surface area contributed by atoms with E-state index in [2.05, 4.69) is 10.6 Å². The second-order valence-electron chi connectivity index (χ2n) is 4.13. The molecule has 19 heavy (non-hydrogen) atoms. The minimum Gasteiger partial charge on any atom is -0.374 e. The van der Waals surface area contributed by atoms with Crippen LogP contribution in [-0.2, 0) is 4.74 Å². The maximum absolute atomic E-state index is 13.4. The van der Waals surface area contributed by atoms with Gasteiger partial charge >= 0.3 is 0 Å². The van der Waals surface area contributed by atoms with Crippen LogP contribution in [0.25, 0.3) is 0 Å². The molecule has 0 radical (unpaired) electrons. The van der Waals surface area contributed by atoms with Crippen molar-refractivity contribution in [1.82, 2.24) is 10.6 Å². The maximum atomic E-state index is 13.4. The average molecular weight is 274 g/mol. The van der Waals surface area contributed by atoms with E-state index in [4.69, 9.17) is 4.74 Å². The highest BCUT2D eigenvalue weighted by molar-refractivity contribution is 5.94. The first kappa shape index (κ1) is 13.8. The molecule has 0 saturated carbocycles. The molecule has 0 aliphatic carbocycles. The highest BCUT2D eigenvalue weighted by Crippen LogP contribution is 2.15. The van der Waals surface area contributed by atoms with Gasteiger partial charge in [0.2, 0.25) is 0 Å². The number of morpholine rings is 1. The molecular formula is C12H13F3N2O2. The van der Waals surface area contributed by atoms with Gasteiger partial charge in [-0.15, -0.1) is 0 Å². The lowest BCUT2D eigenvalue weighted by atomic mass is 10.2. The average Bonchev–Trinajstić information content (AvgIpc) is 2.43. The number of halogens is 3. The number of nitrogens with one attached hydrogen (secondary N) is 2. The fourth-order valence-electron chi connectivity index (χ4n) is 1.75. The first-order valence-corrected chi connectivity index (χ1v) is 5.83. The third-order valence-corrected chi connectivity index (χ3v) is 2.77. The zero-order valence-corrected chi connectivity index (χ0v) is 10.0. The minimum atomic E-state index is -1.65. The van der Waals surface area contributed by atoms with Crippen LogP contribution in [0, 0.1) is 17.5 Å². The molecule has 2 N–H and O–H groups in total. The molecule has 1 aromatic carbocycles. The second-order valence-corrected chi connectivity index (χ2v) is 4.13. The molecule has 1 aliphatic rings. The maximum Gasteiger partial charge on any atom is 0.254 e. The first-order chi connectivity index (χ1) is 9.09. The van der Waals surface area contributed by atoms with Crippen molar-refractivity contribution < 1.29 is 22.7 Å². The van der Waals surface area contributed by atoms with Crippen molar-refractivity contribution in [3.63, 3.8) is 0 Å². The van der Waals surface area contributed by atoms with Crippen LogP contribution in [0.1, 0.15) is 10.4 Å². The molecule has 1 atom stereocenters. The topological polar surface area (TPSA) is 50.4 Å². The summed E-state index contributed by atoms with van der Waals surface area (Å²) in [4.78, 5) is 11.7. The van der Waals surface area contributed by atoms with Crippen LogP contribution < -0.4 is 10.6 Å². The Bertz CT molecular complexity index is 476. The van der Waals surface area contributed by atoms with Gasteiger partial charge in [-0.25, -0.2) is 13.2 Å². The molecule has 7 heteroatoms. The molecule has 1 saturated heterocycles. The fourth-order valence-corrected chi connectivity index (χ4v) is 1.75. The van der Waals surface area contributed by atoms with Crippen LogP contribution in [-0.4, -0.2) is 38.3 Å². The van der Waals surface area contributed by atoms with Gasteiger partial charge in [0, 0.05) is 19.6 Å². The van der Waals surface area contributed by atoms with E-state index < -0.39 is 28.9 Å². The Morgan fingerprint density at radius 3 is 2.84 bits per heavy atom. The van der Waals surface area contributed by atoms with Gasteiger partial charge in [-0.2, -0.15) is 0 Å². The van der Waals surface area contributed by atoms with Crippen LogP contribution >= 0.6 is 0 Å². The molecule has 0 spiro atoms. The summed E-state index contributed by atoms with van der Waals surface area (Å²) < 4.78 is 44.4. The zero-order valence-electron chi connectivity index (χ0n) is 10.0. The number of carbonyl (C=O) groups excluding carboxylic acids is 1. The number of hydrogen-bond donors (Lipinski definition) is 2. The highest BCUT2D eigenvalue weighted by Gasteiger charge is 2.20. The molecule has 1 heterocycles. The van der Waals surface area contributed by atoms with Crippen molar-refractivity contribution in [2.45, 2.75) is 6.10 Å². The monoisotopic (exact) mass is 274 g/mol. The van der Waals surface area contributed by atoms with E-state index in [1.807, 2.05) is 0 Å². The zero-order chi connectivity index (χ0) is 13.8. The van der Waals surface area contributed by atoms with Gasteiger partial charge in [0.05, 0.1) is 18.3 Å². The molecule has 2 rings (SSSR count). The number of ether oxygens (including phenoxy) is 1. The van der Waals surface area contributed by atoms with Crippen molar-refractivity contribution in [1.29, 1.82) is 0 Å². The van der Waals surface area contributed by atoms with E-state index in [9.17, 15) is 18.0 Å². The SMILES string of the molecule is O=C(NCC1CNCCO1)c1ccc(F)c(F)c1F. The van der Waals surface area contributed by atoms with E-state index in [0.29, 0.717) is 19.2 Å². The lowest BCUT2D eigenvalue weighted by molar-refractivity contribution is 0.0286. The van der Waals surface area contributed by atoms with Crippen LogP contribution in [0.2, 0.25) is 0 Å². The molecule has 1 amide bonds. The summed E-state index contributed by atoms with van der Waals surface area (Å²) in [6.07, 6.45) is -0.217. The second kappa shape index (κ2) is 6.03. The Morgan fingerprint density at radius 1 is 1.37 bits per heavy atom. The third-order valence-electron chi connectivity index (χ3n) is 2.77. The summed E-state index contributed by atoms with van der Waals surface area (Å²) in [6, 6.07) is 1.62. The number of hydrogen-bond acceptors (Lipinski definition) is 3. The van der Waals surface area contributed by atoms with Gasteiger partial charge < -0.3 is 15.4 Å². The summed E-state index contributed by atoms with van der Waals surface area (Å²) in [7, 11) is 0. The molecule has 1 aromatic rings. The van der Waals surface area contributed by atoms with Crippen molar-refractivity contribution in [3.8, 4) is 0 Å². The molecule has 1 unspecified atom stereocenters. The van der Waals surface area contributed by atoms with E-state index in [1.54, 1.807) is 0 Å². The van der Waals surface area contributed by atoms with Gasteiger partial charge in [-0.05, 0) is 12.1 Å². The number of carbonyl (C=O) groups is 1. The predicted octanol–water partition coefficient (Wildman–Crippen LogP) is 0.822. The smallest absolute Gasteiger partial charge is 0.254 e. The van der Waals surface area contributed by atoms with Crippen LogP contribution in [0.15, 0.2) is 12.1 Å². The van der Waals surface area contributed by atoms with Crippen LogP contribution in [0.4, 0.5) is 13.2 Å². The summed E-state index contributed by atoms with van der Waals surface area (Å²) in [5.74, 6) is -5.26. The summed E-state index contributed by atoms with van der Waals surface area (Å²) in [5, 5.41) is 5.49. The predicted molar refractivity (Wildman–Crippen MR) is 61.3 cm³/mol. The van der Waals surface area contributed by atoms with Gasteiger partial charge in [0.25, 0.3) is 5.91 Å². The number of amides is 1. The van der Waals surface area contributed by atoms with Crippen molar-refractivity contribution in [3.05, 3.63) is 35.1 Å². The first-order valence-electron chi connectivity index (χ1n) is 5.83. The van der Waals surface area contributed by atoms with Gasteiger partial charge in [-0.1, -0.05) is 0 Å². The van der Waals surface area contributed by atoms with E-state index in [1.165, 1.54) is 0 Å². The molecule has 104 valence electrons. The molecule has 4 nitrogen and oxygen atoms in total. The van der Waals surface area contributed by atoms with E-state index >= 15 is 0 Å². The van der Waals surface area contributed by atoms with Crippen molar-refractivity contribution in [2.75, 3.05) is 26.2 Å². The number of rotatable bonds is 3. The summed E-state index contributed by atoms with van der Waals surface area (Å²) in [5.41, 5.74) is -0.525. The van der Waals surface area contributed by atoms with Gasteiger partial charge in [0.1, 0.15) is 0 Å². The van der Waals surface area contributed by atoms with E-state index in [-0.39, 0.29) is 12.6 Å². The fraction of sp³-hybridized carbons (Fsp3) is 0.417. The molecule has 1 fully saturated rings. The Balaban J connectivity index is 1.98. The molecule has 0 aromatic heterocycles. The van der Waals surface area contributed by atoms with Crippen molar-refractivity contribution in [2.24, 2.45) is 0 Å². The third kappa shape index (κ3) is 3.24. The van der Waals surface area contributed by atoms with Crippen LogP contribution in [0.3, 0.4) is 0 Å². The normalized spacial score (nSPS) is 19.2. The van der Waals surface area contributed by atoms with E-state index in [0.717, 1.165) is 12.6 Å². The summed E-state index contributed by atoms with van der Waals surface area (Å²) >= 11 is 0. The van der Waals surface area contributed by atoms with Gasteiger partial charge in [0.15, 0.2) is 17.5 Å². The quantitative estimate of drug-likeness (QED) is 0.802. The standard InChI is InChI=1S/C12H13F3N2O2/c13-9-2-1-8(10(14)11(9)15)12(18)17-6-7-5-16-3-4-19-7/h1-2,7,16H,3-6H2,(H,17,18). The Morgan fingerprint density at radius 2 is 2.16 bits per heavy atom. The Hall–Kier alpha value is -1.60. The van der Waals surface area contributed by atoms with Crippen LogP contribution in [0.5, 0.6) is 0 Å².